The second-order valence-corrected chi connectivity index (χ2v) is 5.63. The van der Waals surface area contributed by atoms with Gasteiger partial charge >= 0.3 is 6.18 Å². The van der Waals surface area contributed by atoms with E-state index in [0.717, 1.165) is 16.9 Å². The third kappa shape index (κ3) is 3.53. The van der Waals surface area contributed by atoms with Gasteiger partial charge in [0.2, 0.25) is 0 Å². The highest BCUT2D eigenvalue weighted by molar-refractivity contribution is 6.04. The Bertz CT molecular complexity index is 964. The van der Waals surface area contributed by atoms with Gasteiger partial charge in [-0.15, -0.1) is 0 Å². The number of nitrogens with zero attached hydrogens (tertiary/aromatic N) is 2. The van der Waals surface area contributed by atoms with Crippen molar-refractivity contribution in [2.24, 2.45) is 0 Å². The predicted molar refractivity (Wildman–Crippen MR) is 89.4 cm³/mol. The number of aromatic hydroxyl groups is 1. The number of aryl methyl sites for hydroxylation is 1. The first-order valence-corrected chi connectivity index (χ1v) is 7.58. The van der Waals surface area contributed by atoms with Crippen molar-refractivity contribution < 1.29 is 23.1 Å². The summed E-state index contributed by atoms with van der Waals surface area (Å²) in [6, 6.07) is 11.2. The Balaban J connectivity index is 1.89. The van der Waals surface area contributed by atoms with Gasteiger partial charge in [-0.25, -0.2) is 4.68 Å². The summed E-state index contributed by atoms with van der Waals surface area (Å²) in [7, 11) is 0. The Kier molecular flexibility index (Phi) is 4.41. The molecule has 2 N–H and O–H groups in total. The molecule has 0 saturated carbocycles. The molecule has 0 spiro atoms. The summed E-state index contributed by atoms with van der Waals surface area (Å²) in [6.45, 7) is 1.68. The van der Waals surface area contributed by atoms with E-state index in [1.165, 1.54) is 36.4 Å². The predicted octanol–water partition coefficient (Wildman–Crippen LogP) is 4.16. The smallest absolute Gasteiger partial charge is 0.433 e. The number of hydrogen-bond acceptors (Lipinski definition) is 3. The van der Waals surface area contributed by atoms with Crippen molar-refractivity contribution in [2.75, 3.05) is 5.32 Å². The van der Waals surface area contributed by atoms with E-state index >= 15 is 0 Å². The topological polar surface area (TPSA) is 67.2 Å². The van der Waals surface area contributed by atoms with Crippen molar-refractivity contribution in [3.05, 3.63) is 71.5 Å². The molecule has 1 aromatic heterocycles. The average molecular weight is 361 g/mol. The van der Waals surface area contributed by atoms with Crippen LogP contribution in [0, 0.1) is 6.92 Å². The van der Waals surface area contributed by atoms with Crippen molar-refractivity contribution in [3.8, 4) is 11.4 Å². The molecule has 0 aliphatic carbocycles. The third-order valence-corrected chi connectivity index (χ3v) is 3.74. The standard InChI is InChI=1S/C18H14F3N3O2/c1-11-9-13(5-6-15(11)25)23-17(26)12-3-2-4-14(10-12)24-16(7-8-22-24)18(19,20)21/h2-10,25H,1H3,(H,23,26). The fourth-order valence-electron chi connectivity index (χ4n) is 2.44. The van der Waals surface area contributed by atoms with E-state index in [1.807, 2.05) is 0 Å². The molecule has 3 aromatic rings. The summed E-state index contributed by atoms with van der Waals surface area (Å²) < 4.78 is 39.8. The van der Waals surface area contributed by atoms with E-state index in [2.05, 4.69) is 10.4 Å². The van der Waals surface area contributed by atoms with Crippen molar-refractivity contribution >= 4 is 11.6 Å². The number of halogens is 3. The van der Waals surface area contributed by atoms with Gasteiger partial charge in [-0.3, -0.25) is 4.79 Å². The number of hydrogen-bond donors (Lipinski definition) is 2. The number of phenols is 1. The van der Waals surface area contributed by atoms with E-state index in [1.54, 1.807) is 13.0 Å². The summed E-state index contributed by atoms with van der Waals surface area (Å²) in [5.74, 6) is -0.388. The van der Waals surface area contributed by atoms with Crippen LogP contribution < -0.4 is 5.32 Å². The van der Waals surface area contributed by atoms with Crippen LogP contribution in [0.2, 0.25) is 0 Å². The number of phenolic OH excluding ortho intramolecular Hbond substituents is 1. The number of nitrogens with one attached hydrogen (secondary N) is 1. The van der Waals surface area contributed by atoms with Crippen molar-refractivity contribution in [1.82, 2.24) is 9.78 Å². The lowest BCUT2D eigenvalue weighted by molar-refractivity contribution is -0.142. The largest absolute Gasteiger partial charge is 0.508 e. The number of rotatable bonds is 3. The van der Waals surface area contributed by atoms with Crippen LogP contribution in [0.4, 0.5) is 18.9 Å². The first-order valence-electron chi connectivity index (χ1n) is 7.58. The van der Waals surface area contributed by atoms with Crippen LogP contribution in [-0.2, 0) is 6.18 Å². The lowest BCUT2D eigenvalue weighted by atomic mass is 10.1. The number of anilines is 1. The minimum Gasteiger partial charge on any atom is -0.508 e. The maximum atomic E-state index is 13.0. The quantitative estimate of drug-likeness (QED) is 0.689. The van der Waals surface area contributed by atoms with Crippen molar-refractivity contribution in [3.63, 3.8) is 0 Å². The first kappa shape index (κ1) is 17.5. The molecule has 1 amide bonds. The Hall–Kier alpha value is -3.29. The molecule has 5 nitrogen and oxygen atoms in total. The van der Waals surface area contributed by atoms with E-state index in [0.29, 0.717) is 11.3 Å². The molecule has 0 aliphatic heterocycles. The summed E-state index contributed by atoms with van der Waals surface area (Å²) >= 11 is 0. The van der Waals surface area contributed by atoms with Gasteiger partial charge < -0.3 is 10.4 Å². The third-order valence-electron chi connectivity index (χ3n) is 3.74. The van der Waals surface area contributed by atoms with Crippen LogP contribution in [0.25, 0.3) is 5.69 Å². The first-order chi connectivity index (χ1) is 12.3. The van der Waals surface area contributed by atoms with Gasteiger partial charge in [0.15, 0.2) is 0 Å². The molecule has 0 radical (unpaired) electrons. The SMILES string of the molecule is Cc1cc(NC(=O)c2cccc(-n3nccc3C(F)(F)F)c2)ccc1O. The fourth-order valence-corrected chi connectivity index (χ4v) is 2.44. The number of aromatic nitrogens is 2. The van der Waals surface area contributed by atoms with E-state index in [-0.39, 0.29) is 17.0 Å². The zero-order valence-electron chi connectivity index (χ0n) is 13.6. The molecule has 0 aliphatic rings. The van der Waals surface area contributed by atoms with Gasteiger partial charge in [0.05, 0.1) is 11.9 Å². The number of carbonyl (C=O) groups excluding carboxylic acids is 1. The molecule has 0 bridgehead atoms. The molecule has 0 fully saturated rings. The molecule has 26 heavy (non-hydrogen) atoms. The molecular formula is C18H14F3N3O2. The zero-order chi connectivity index (χ0) is 18.9. The highest BCUT2D eigenvalue weighted by Crippen LogP contribution is 2.30. The lowest BCUT2D eigenvalue weighted by Crippen LogP contribution is -2.15. The molecule has 0 saturated heterocycles. The van der Waals surface area contributed by atoms with Gasteiger partial charge in [-0.2, -0.15) is 18.3 Å². The molecule has 0 unspecified atom stereocenters. The van der Waals surface area contributed by atoms with Gasteiger partial charge in [0.25, 0.3) is 5.91 Å². The monoisotopic (exact) mass is 361 g/mol. The second kappa shape index (κ2) is 6.55. The molecule has 3 rings (SSSR count). The summed E-state index contributed by atoms with van der Waals surface area (Å²) in [5.41, 5.74) is 0.423. The fraction of sp³-hybridized carbons (Fsp3) is 0.111. The van der Waals surface area contributed by atoms with Crippen molar-refractivity contribution in [1.29, 1.82) is 0 Å². The maximum Gasteiger partial charge on any atom is 0.433 e. The summed E-state index contributed by atoms with van der Waals surface area (Å²) in [4.78, 5) is 12.4. The van der Waals surface area contributed by atoms with Gasteiger partial charge in [-0.05, 0) is 55.0 Å². The Morgan fingerprint density at radius 1 is 1.15 bits per heavy atom. The van der Waals surface area contributed by atoms with Gasteiger partial charge in [0.1, 0.15) is 11.4 Å². The number of amides is 1. The van der Waals surface area contributed by atoms with Crippen molar-refractivity contribution in [2.45, 2.75) is 13.1 Å². The van der Waals surface area contributed by atoms with Crippen LogP contribution in [0.1, 0.15) is 21.6 Å². The minimum absolute atomic E-state index is 0.100. The summed E-state index contributed by atoms with van der Waals surface area (Å²) in [5, 5.41) is 15.9. The number of carbonyl (C=O) groups is 1. The average Bonchev–Trinajstić information content (AvgIpc) is 3.08. The lowest BCUT2D eigenvalue weighted by Gasteiger charge is -2.12. The second-order valence-electron chi connectivity index (χ2n) is 5.63. The van der Waals surface area contributed by atoms with E-state index in [4.69, 9.17) is 0 Å². The van der Waals surface area contributed by atoms with Crippen LogP contribution in [0.3, 0.4) is 0 Å². The number of benzene rings is 2. The van der Waals surface area contributed by atoms with Crippen LogP contribution in [0.5, 0.6) is 5.75 Å². The van der Waals surface area contributed by atoms with E-state index in [9.17, 15) is 23.1 Å². The highest BCUT2D eigenvalue weighted by Gasteiger charge is 2.35. The molecule has 8 heteroatoms. The maximum absolute atomic E-state index is 13.0. The van der Waals surface area contributed by atoms with Crippen LogP contribution in [0.15, 0.2) is 54.7 Å². The molecule has 134 valence electrons. The van der Waals surface area contributed by atoms with E-state index < -0.39 is 17.8 Å². The van der Waals surface area contributed by atoms with Crippen LogP contribution in [-0.4, -0.2) is 20.8 Å². The minimum atomic E-state index is -4.56. The normalized spacial score (nSPS) is 11.4. The molecular weight excluding hydrogens is 347 g/mol. The zero-order valence-corrected chi connectivity index (χ0v) is 13.6. The number of alkyl halides is 3. The van der Waals surface area contributed by atoms with Gasteiger partial charge in [-0.1, -0.05) is 6.07 Å². The molecule has 0 atom stereocenters. The Morgan fingerprint density at radius 2 is 1.92 bits per heavy atom. The Labute approximate surface area is 146 Å². The summed E-state index contributed by atoms with van der Waals surface area (Å²) in [6.07, 6.45) is -3.51. The Morgan fingerprint density at radius 3 is 2.62 bits per heavy atom. The molecule has 1 heterocycles. The van der Waals surface area contributed by atoms with Crippen LogP contribution >= 0.6 is 0 Å². The molecule has 2 aromatic carbocycles. The van der Waals surface area contributed by atoms with Gasteiger partial charge in [0, 0.05) is 11.3 Å². The highest BCUT2D eigenvalue weighted by atomic mass is 19.4.